The van der Waals surface area contributed by atoms with Crippen molar-refractivity contribution >= 4 is 23.0 Å². The standard InChI is InChI=1S/C17H16ClN3O2/c1-20(11-12-6-8-13(23-2)9-7-12)17(22)16-15(18)14-5-3-4-10-21(14)19-16/h3-10H,11H2,1-2H3. The van der Waals surface area contributed by atoms with E-state index in [9.17, 15) is 4.79 Å². The van der Waals surface area contributed by atoms with Crippen molar-refractivity contribution < 1.29 is 9.53 Å². The van der Waals surface area contributed by atoms with Crippen molar-refractivity contribution in [1.29, 1.82) is 0 Å². The highest BCUT2D eigenvalue weighted by molar-refractivity contribution is 6.36. The van der Waals surface area contributed by atoms with Crippen LogP contribution in [0, 0.1) is 0 Å². The molecule has 1 amide bonds. The zero-order valence-corrected chi connectivity index (χ0v) is 13.6. The predicted molar refractivity (Wildman–Crippen MR) is 89.0 cm³/mol. The average molecular weight is 330 g/mol. The van der Waals surface area contributed by atoms with Gasteiger partial charge >= 0.3 is 0 Å². The lowest BCUT2D eigenvalue weighted by molar-refractivity contribution is 0.0779. The molecule has 2 aromatic heterocycles. The summed E-state index contributed by atoms with van der Waals surface area (Å²) >= 11 is 6.29. The van der Waals surface area contributed by atoms with E-state index in [0.717, 1.165) is 16.8 Å². The Morgan fingerprint density at radius 2 is 2.00 bits per heavy atom. The van der Waals surface area contributed by atoms with Gasteiger partial charge in [0.15, 0.2) is 5.69 Å². The Hall–Kier alpha value is -2.53. The maximum absolute atomic E-state index is 12.6. The molecule has 2 heterocycles. The molecule has 0 unspecified atom stereocenters. The summed E-state index contributed by atoms with van der Waals surface area (Å²) in [6.45, 7) is 0.465. The second-order valence-corrected chi connectivity index (χ2v) is 5.58. The summed E-state index contributed by atoms with van der Waals surface area (Å²) < 4.78 is 6.74. The molecular formula is C17H16ClN3O2. The molecule has 1 aromatic carbocycles. The predicted octanol–water partition coefficient (Wildman–Crippen LogP) is 3.27. The molecule has 0 aliphatic rings. The van der Waals surface area contributed by atoms with Gasteiger partial charge in [0, 0.05) is 19.8 Å². The normalized spacial score (nSPS) is 10.7. The van der Waals surface area contributed by atoms with E-state index in [1.807, 2.05) is 42.5 Å². The average Bonchev–Trinajstić information content (AvgIpc) is 2.92. The third-order valence-electron chi connectivity index (χ3n) is 3.61. The van der Waals surface area contributed by atoms with Gasteiger partial charge < -0.3 is 9.64 Å². The zero-order valence-electron chi connectivity index (χ0n) is 12.9. The summed E-state index contributed by atoms with van der Waals surface area (Å²) in [6, 6.07) is 13.1. The molecule has 6 heteroatoms. The molecule has 0 saturated heterocycles. The van der Waals surface area contributed by atoms with Gasteiger partial charge in [0.25, 0.3) is 5.91 Å². The van der Waals surface area contributed by atoms with Crippen LogP contribution in [-0.4, -0.2) is 34.6 Å². The smallest absolute Gasteiger partial charge is 0.275 e. The number of pyridine rings is 1. The van der Waals surface area contributed by atoms with Gasteiger partial charge in [-0.2, -0.15) is 5.10 Å². The number of carbonyl (C=O) groups is 1. The largest absolute Gasteiger partial charge is 0.497 e. The summed E-state index contributed by atoms with van der Waals surface area (Å²) in [4.78, 5) is 14.2. The number of fused-ring (bicyclic) bond motifs is 1. The highest BCUT2D eigenvalue weighted by Crippen LogP contribution is 2.23. The molecule has 0 radical (unpaired) electrons. The monoisotopic (exact) mass is 329 g/mol. The van der Waals surface area contributed by atoms with Crippen LogP contribution in [0.3, 0.4) is 0 Å². The number of hydrogen-bond acceptors (Lipinski definition) is 3. The lowest BCUT2D eigenvalue weighted by Crippen LogP contribution is -2.26. The Morgan fingerprint density at radius 1 is 1.26 bits per heavy atom. The minimum atomic E-state index is -0.213. The Kier molecular flexibility index (Phi) is 4.21. The summed E-state index contributed by atoms with van der Waals surface area (Å²) in [5, 5.41) is 4.65. The Bertz CT molecular complexity index is 843. The quantitative estimate of drug-likeness (QED) is 0.738. The fraction of sp³-hybridized carbons (Fsp3) is 0.176. The first kappa shape index (κ1) is 15.4. The van der Waals surface area contributed by atoms with Crippen LogP contribution < -0.4 is 4.74 Å². The molecule has 0 saturated carbocycles. The van der Waals surface area contributed by atoms with Crippen LogP contribution >= 0.6 is 11.6 Å². The Balaban J connectivity index is 1.81. The summed E-state index contributed by atoms with van der Waals surface area (Å²) in [5.74, 6) is 0.570. The van der Waals surface area contributed by atoms with Crippen LogP contribution in [-0.2, 0) is 6.54 Å². The van der Waals surface area contributed by atoms with Crippen LogP contribution in [0.15, 0.2) is 48.7 Å². The number of methoxy groups -OCH3 is 1. The molecule has 3 aromatic rings. The van der Waals surface area contributed by atoms with Crippen molar-refractivity contribution in [2.24, 2.45) is 0 Å². The lowest BCUT2D eigenvalue weighted by Gasteiger charge is -2.16. The molecule has 5 nitrogen and oxygen atoms in total. The number of ether oxygens (including phenoxy) is 1. The second kappa shape index (κ2) is 6.30. The summed E-state index contributed by atoms with van der Waals surface area (Å²) in [5.41, 5.74) is 1.98. The van der Waals surface area contributed by atoms with Crippen LogP contribution in [0.5, 0.6) is 5.75 Å². The van der Waals surface area contributed by atoms with E-state index in [2.05, 4.69) is 5.10 Å². The van der Waals surface area contributed by atoms with Crippen molar-refractivity contribution in [1.82, 2.24) is 14.5 Å². The fourth-order valence-electron chi connectivity index (χ4n) is 2.36. The SMILES string of the molecule is COc1ccc(CN(C)C(=O)c2nn3ccccc3c2Cl)cc1. The number of aromatic nitrogens is 2. The first-order chi connectivity index (χ1) is 11.1. The number of nitrogens with zero attached hydrogens (tertiary/aromatic N) is 3. The van der Waals surface area contributed by atoms with Crippen molar-refractivity contribution in [3.8, 4) is 5.75 Å². The minimum Gasteiger partial charge on any atom is -0.497 e. The first-order valence-corrected chi connectivity index (χ1v) is 7.49. The molecule has 118 valence electrons. The van der Waals surface area contributed by atoms with Gasteiger partial charge in [0.2, 0.25) is 0 Å². The van der Waals surface area contributed by atoms with Crippen LogP contribution in [0.4, 0.5) is 0 Å². The maximum atomic E-state index is 12.6. The van der Waals surface area contributed by atoms with Gasteiger partial charge in [-0.25, -0.2) is 4.52 Å². The van der Waals surface area contributed by atoms with Gasteiger partial charge in [-0.3, -0.25) is 4.79 Å². The van der Waals surface area contributed by atoms with E-state index in [0.29, 0.717) is 11.6 Å². The molecule has 0 aliphatic carbocycles. The number of rotatable bonds is 4. The van der Waals surface area contributed by atoms with Crippen molar-refractivity contribution in [3.05, 3.63) is 64.9 Å². The van der Waals surface area contributed by atoms with Gasteiger partial charge in [-0.1, -0.05) is 29.8 Å². The van der Waals surface area contributed by atoms with Gasteiger partial charge in [-0.05, 0) is 29.8 Å². The Morgan fingerprint density at radius 3 is 2.65 bits per heavy atom. The molecule has 3 rings (SSSR count). The molecule has 0 aliphatic heterocycles. The molecule has 0 spiro atoms. The second-order valence-electron chi connectivity index (χ2n) is 5.20. The third kappa shape index (κ3) is 3.00. The minimum absolute atomic E-state index is 0.213. The summed E-state index contributed by atoms with van der Waals surface area (Å²) in [6.07, 6.45) is 1.77. The van der Waals surface area contributed by atoms with E-state index in [1.165, 1.54) is 0 Å². The number of hydrogen-bond donors (Lipinski definition) is 0. The zero-order chi connectivity index (χ0) is 16.4. The van der Waals surface area contributed by atoms with E-state index >= 15 is 0 Å². The van der Waals surface area contributed by atoms with E-state index in [4.69, 9.17) is 16.3 Å². The number of benzene rings is 1. The lowest BCUT2D eigenvalue weighted by atomic mass is 10.2. The van der Waals surface area contributed by atoms with Crippen molar-refractivity contribution in [2.75, 3.05) is 14.2 Å². The van der Waals surface area contributed by atoms with Gasteiger partial charge in [-0.15, -0.1) is 0 Å². The molecule has 0 N–H and O–H groups in total. The number of halogens is 1. The van der Waals surface area contributed by atoms with Crippen LogP contribution in [0.1, 0.15) is 16.1 Å². The molecular weight excluding hydrogens is 314 g/mol. The van der Waals surface area contributed by atoms with Crippen LogP contribution in [0.25, 0.3) is 5.52 Å². The van der Waals surface area contributed by atoms with Gasteiger partial charge in [0.05, 0.1) is 17.6 Å². The number of amides is 1. The molecule has 23 heavy (non-hydrogen) atoms. The molecule has 0 atom stereocenters. The highest BCUT2D eigenvalue weighted by atomic mass is 35.5. The fourth-order valence-corrected chi connectivity index (χ4v) is 2.63. The van der Waals surface area contributed by atoms with E-state index in [1.54, 1.807) is 29.8 Å². The van der Waals surface area contributed by atoms with Crippen molar-refractivity contribution in [2.45, 2.75) is 6.54 Å². The molecule has 0 fully saturated rings. The molecule has 0 bridgehead atoms. The first-order valence-electron chi connectivity index (χ1n) is 7.11. The van der Waals surface area contributed by atoms with Crippen molar-refractivity contribution in [3.63, 3.8) is 0 Å². The topological polar surface area (TPSA) is 46.8 Å². The Labute approximate surface area is 139 Å². The number of carbonyl (C=O) groups excluding carboxylic acids is 1. The van der Waals surface area contributed by atoms with E-state index in [-0.39, 0.29) is 11.6 Å². The third-order valence-corrected chi connectivity index (χ3v) is 3.98. The highest BCUT2D eigenvalue weighted by Gasteiger charge is 2.21. The summed E-state index contributed by atoms with van der Waals surface area (Å²) in [7, 11) is 3.35. The van der Waals surface area contributed by atoms with Gasteiger partial charge in [0.1, 0.15) is 5.75 Å². The van der Waals surface area contributed by atoms with Crippen LogP contribution in [0.2, 0.25) is 5.02 Å². The maximum Gasteiger partial charge on any atom is 0.275 e. The van der Waals surface area contributed by atoms with E-state index < -0.39 is 0 Å².